The predicted octanol–water partition coefficient (Wildman–Crippen LogP) is 16.3. The normalized spacial score (nSPS) is 12.4. The minimum atomic E-state index is -0.775. The van der Waals surface area contributed by atoms with E-state index in [1.807, 2.05) is 0 Å². The molecule has 0 aliphatic rings. The molecule has 0 N–H and O–H groups in total. The van der Waals surface area contributed by atoms with Crippen LogP contribution in [-0.4, -0.2) is 37.2 Å². The fraction of sp³-hybridized carbons (Fsp3) is 0.792. The maximum atomic E-state index is 12.7. The van der Waals surface area contributed by atoms with Gasteiger partial charge in [-0.25, -0.2) is 0 Å². The highest BCUT2D eigenvalue weighted by molar-refractivity contribution is 5.71. The van der Waals surface area contributed by atoms with Crippen LogP contribution in [0.15, 0.2) is 48.6 Å². The number of hydrogen-bond donors (Lipinski definition) is 0. The first-order valence-electron chi connectivity index (χ1n) is 25.1. The molecule has 0 fully saturated rings. The topological polar surface area (TPSA) is 78.9 Å². The molecule has 0 spiro atoms. The standard InChI is InChI=1S/C53H94O6/c1-4-7-10-13-16-19-22-23-24-25-26-27-28-29-32-34-37-40-43-46-52(55)58-49-50(59-53(56)47-44-41-38-35-31-21-18-15-12-9-6-3)48-57-51(54)45-42-39-36-33-30-20-17-14-11-8-5-2/h7,10,15-16,18-19,23-24,50H,4-6,8-9,11-14,17,20-22,25-49H2,1-3H3/b10-7-,18-15-,19-16-,24-23-. The van der Waals surface area contributed by atoms with Crippen LogP contribution in [-0.2, 0) is 28.6 Å². The van der Waals surface area contributed by atoms with Crippen molar-refractivity contribution >= 4 is 17.9 Å². The minimum absolute atomic E-state index is 0.0760. The van der Waals surface area contributed by atoms with E-state index in [9.17, 15) is 14.4 Å². The summed E-state index contributed by atoms with van der Waals surface area (Å²) in [5.41, 5.74) is 0. The zero-order valence-electron chi connectivity index (χ0n) is 39.0. The Labute approximate surface area is 365 Å². The summed E-state index contributed by atoms with van der Waals surface area (Å²) in [6, 6.07) is 0. The Kier molecular flexibility index (Phi) is 45.9. The lowest BCUT2D eigenvalue weighted by Gasteiger charge is -2.18. The molecule has 0 rings (SSSR count). The Balaban J connectivity index is 4.30. The number of rotatable bonds is 45. The Morgan fingerprint density at radius 1 is 0.356 bits per heavy atom. The number of carbonyl (C=O) groups excluding carboxylic acids is 3. The van der Waals surface area contributed by atoms with E-state index in [0.29, 0.717) is 19.3 Å². The average molecular weight is 827 g/mol. The summed E-state index contributed by atoms with van der Waals surface area (Å²) >= 11 is 0. The first-order valence-corrected chi connectivity index (χ1v) is 25.1. The van der Waals surface area contributed by atoms with Crippen molar-refractivity contribution in [2.24, 2.45) is 0 Å². The molecule has 0 aliphatic heterocycles. The second-order valence-corrected chi connectivity index (χ2v) is 16.7. The van der Waals surface area contributed by atoms with Gasteiger partial charge in [0.2, 0.25) is 0 Å². The van der Waals surface area contributed by atoms with Gasteiger partial charge in [-0.3, -0.25) is 14.4 Å². The van der Waals surface area contributed by atoms with Gasteiger partial charge in [-0.1, -0.05) is 211 Å². The van der Waals surface area contributed by atoms with Crippen molar-refractivity contribution in [3.63, 3.8) is 0 Å². The zero-order chi connectivity index (χ0) is 43.0. The van der Waals surface area contributed by atoms with Crippen LogP contribution in [0.1, 0.15) is 252 Å². The van der Waals surface area contributed by atoms with E-state index in [4.69, 9.17) is 14.2 Å². The lowest BCUT2D eigenvalue weighted by atomic mass is 10.1. The molecule has 1 unspecified atom stereocenters. The third kappa shape index (κ3) is 46.3. The molecule has 342 valence electrons. The third-order valence-electron chi connectivity index (χ3n) is 10.8. The summed E-state index contributed by atoms with van der Waals surface area (Å²) in [4.78, 5) is 37.8. The summed E-state index contributed by atoms with van der Waals surface area (Å²) in [7, 11) is 0. The van der Waals surface area contributed by atoms with Gasteiger partial charge >= 0.3 is 17.9 Å². The van der Waals surface area contributed by atoms with E-state index in [0.717, 1.165) is 89.9 Å². The highest BCUT2D eigenvalue weighted by Crippen LogP contribution is 2.15. The zero-order valence-corrected chi connectivity index (χ0v) is 39.0. The van der Waals surface area contributed by atoms with Crippen molar-refractivity contribution in [2.45, 2.75) is 258 Å². The van der Waals surface area contributed by atoms with Crippen LogP contribution in [0.5, 0.6) is 0 Å². The Morgan fingerprint density at radius 2 is 0.678 bits per heavy atom. The van der Waals surface area contributed by atoms with E-state index in [-0.39, 0.29) is 31.1 Å². The summed E-state index contributed by atoms with van der Waals surface area (Å²) in [6.07, 6.45) is 56.6. The van der Waals surface area contributed by atoms with Gasteiger partial charge in [-0.2, -0.15) is 0 Å². The van der Waals surface area contributed by atoms with Crippen molar-refractivity contribution in [1.29, 1.82) is 0 Å². The maximum absolute atomic E-state index is 12.7. The van der Waals surface area contributed by atoms with Gasteiger partial charge in [-0.05, 0) is 70.6 Å². The quantitative estimate of drug-likeness (QED) is 0.0263. The fourth-order valence-electron chi connectivity index (χ4n) is 7.03. The number of carbonyl (C=O) groups is 3. The molecule has 0 amide bonds. The Hall–Kier alpha value is -2.63. The summed E-state index contributed by atoms with van der Waals surface area (Å²) in [5.74, 6) is -0.887. The average Bonchev–Trinajstić information content (AvgIpc) is 3.23. The Morgan fingerprint density at radius 3 is 1.10 bits per heavy atom. The van der Waals surface area contributed by atoms with Crippen LogP contribution in [0.2, 0.25) is 0 Å². The SMILES string of the molecule is CC/C=C\C/C=C\C/C=C\CCCCCCCCCCCC(=O)OCC(COC(=O)CCCCCCCCCCCCC)OC(=O)CCCCCCC/C=C\CCCC. The van der Waals surface area contributed by atoms with Crippen molar-refractivity contribution in [3.8, 4) is 0 Å². The molecule has 0 aromatic carbocycles. The molecule has 0 saturated heterocycles. The van der Waals surface area contributed by atoms with Gasteiger partial charge in [0.1, 0.15) is 13.2 Å². The van der Waals surface area contributed by atoms with Gasteiger partial charge in [0, 0.05) is 19.3 Å². The second-order valence-electron chi connectivity index (χ2n) is 16.7. The molecule has 0 saturated carbocycles. The molecule has 0 heterocycles. The van der Waals surface area contributed by atoms with Crippen LogP contribution < -0.4 is 0 Å². The molecule has 6 nitrogen and oxygen atoms in total. The highest BCUT2D eigenvalue weighted by Gasteiger charge is 2.19. The number of ether oxygens (including phenoxy) is 3. The molecule has 0 bridgehead atoms. The summed E-state index contributed by atoms with van der Waals surface area (Å²) in [5, 5.41) is 0. The van der Waals surface area contributed by atoms with Crippen molar-refractivity contribution < 1.29 is 28.6 Å². The Bertz CT molecular complexity index is 1040. The van der Waals surface area contributed by atoms with Gasteiger partial charge in [0.05, 0.1) is 0 Å². The van der Waals surface area contributed by atoms with Gasteiger partial charge < -0.3 is 14.2 Å². The fourth-order valence-corrected chi connectivity index (χ4v) is 7.03. The van der Waals surface area contributed by atoms with Crippen LogP contribution in [0.25, 0.3) is 0 Å². The minimum Gasteiger partial charge on any atom is -0.462 e. The predicted molar refractivity (Wildman–Crippen MR) is 252 cm³/mol. The number of esters is 3. The second kappa shape index (κ2) is 48.0. The van der Waals surface area contributed by atoms with Crippen molar-refractivity contribution in [2.75, 3.05) is 13.2 Å². The monoisotopic (exact) mass is 827 g/mol. The van der Waals surface area contributed by atoms with Crippen LogP contribution in [0.3, 0.4) is 0 Å². The maximum Gasteiger partial charge on any atom is 0.306 e. The summed E-state index contributed by atoms with van der Waals surface area (Å²) < 4.78 is 16.7. The highest BCUT2D eigenvalue weighted by atomic mass is 16.6. The van der Waals surface area contributed by atoms with Crippen LogP contribution in [0.4, 0.5) is 0 Å². The summed E-state index contributed by atoms with van der Waals surface area (Å²) in [6.45, 7) is 6.48. The lowest BCUT2D eigenvalue weighted by Crippen LogP contribution is -2.30. The van der Waals surface area contributed by atoms with E-state index < -0.39 is 6.10 Å². The van der Waals surface area contributed by atoms with Gasteiger partial charge in [0.25, 0.3) is 0 Å². The first kappa shape index (κ1) is 56.4. The van der Waals surface area contributed by atoms with E-state index >= 15 is 0 Å². The number of unbranched alkanes of at least 4 members (excludes halogenated alkanes) is 26. The van der Waals surface area contributed by atoms with Gasteiger partial charge in [0.15, 0.2) is 6.10 Å². The third-order valence-corrected chi connectivity index (χ3v) is 10.8. The molecule has 0 aromatic heterocycles. The van der Waals surface area contributed by atoms with Crippen molar-refractivity contribution in [1.82, 2.24) is 0 Å². The lowest BCUT2D eigenvalue weighted by molar-refractivity contribution is -0.167. The van der Waals surface area contributed by atoms with Crippen molar-refractivity contribution in [3.05, 3.63) is 48.6 Å². The largest absolute Gasteiger partial charge is 0.462 e. The molecular weight excluding hydrogens is 733 g/mol. The molecule has 0 radical (unpaired) electrons. The molecule has 0 aliphatic carbocycles. The molecule has 1 atom stereocenters. The molecular formula is C53H94O6. The first-order chi connectivity index (χ1) is 29.0. The molecule has 59 heavy (non-hydrogen) atoms. The number of hydrogen-bond acceptors (Lipinski definition) is 6. The molecule has 6 heteroatoms. The smallest absolute Gasteiger partial charge is 0.306 e. The van der Waals surface area contributed by atoms with Crippen LogP contribution >= 0.6 is 0 Å². The number of allylic oxidation sites excluding steroid dienone is 8. The van der Waals surface area contributed by atoms with E-state index in [2.05, 4.69) is 69.4 Å². The van der Waals surface area contributed by atoms with E-state index in [1.165, 1.54) is 122 Å². The van der Waals surface area contributed by atoms with E-state index in [1.54, 1.807) is 0 Å². The van der Waals surface area contributed by atoms with Gasteiger partial charge in [-0.15, -0.1) is 0 Å². The van der Waals surface area contributed by atoms with Crippen LogP contribution in [0, 0.1) is 0 Å². The molecule has 0 aromatic rings.